The number of nitrogens with zero attached hydrogens (tertiary/aromatic N) is 6. The third-order valence-corrected chi connectivity index (χ3v) is 3.00. The average molecular weight is 398 g/mol. The van der Waals surface area contributed by atoms with E-state index in [4.69, 9.17) is 0 Å². The lowest BCUT2D eigenvalue weighted by atomic mass is 10.1. The van der Waals surface area contributed by atoms with E-state index in [-0.39, 0.29) is 29.7 Å². The van der Waals surface area contributed by atoms with Crippen molar-refractivity contribution in [1.82, 2.24) is 19.6 Å². The van der Waals surface area contributed by atoms with E-state index in [1.165, 1.54) is 17.0 Å². The highest BCUT2D eigenvalue weighted by atomic mass is 127. The lowest BCUT2D eigenvalue weighted by Gasteiger charge is -2.04. The van der Waals surface area contributed by atoms with Gasteiger partial charge >= 0.3 is 5.69 Å². The van der Waals surface area contributed by atoms with Gasteiger partial charge in [0.1, 0.15) is 25.3 Å². The van der Waals surface area contributed by atoms with Gasteiger partial charge < -0.3 is 24.0 Å². The van der Waals surface area contributed by atoms with E-state index in [0.717, 1.165) is 5.56 Å². The molecule has 0 saturated heterocycles. The summed E-state index contributed by atoms with van der Waals surface area (Å²) in [6, 6.07) is 3.82. The molecule has 9 heteroatoms. The Morgan fingerprint density at radius 1 is 1.33 bits per heavy atom. The van der Waals surface area contributed by atoms with Gasteiger partial charge in [0.2, 0.25) is 0 Å². The van der Waals surface area contributed by atoms with Crippen molar-refractivity contribution in [2.75, 3.05) is 0 Å². The van der Waals surface area contributed by atoms with Gasteiger partial charge in [-0.1, -0.05) is 0 Å². The molecular formula is C12H11IN6O2. The van der Waals surface area contributed by atoms with Crippen molar-refractivity contribution in [1.29, 1.82) is 0 Å². The molecule has 21 heavy (non-hydrogen) atoms. The van der Waals surface area contributed by atoms with Crippen LogP contribution in [0.25, 0.3) is 5.78 Å². The molecule has 0 fully saturated rings. The second-order valence-electron chi connectivity index (χ2n) is 4.37. The number of halogens is 1. The second kappa shape index (κ2) is 6.08. The van der Waals surface area contributed by atoms with Crippen molar-refractivity contribution in [3.63, 3.8) is 0 Å². The van der Waals surface area contributed by atoms with Crippen molar-refractivity contribution in [3.8, 4) is 0 Å². The van der Waals surface area contributed by atoms with Crippen LogP contribution in [0.3, 0.4) is 0 Å². The van der Waals surface area contributed by atoms with E-state index in [2.05, 4.69) is 15.1 Å². The maximum atomic E-state index is 11.1. The molecule has 0 aliphatic heterocycles. The standard InChI is InChI=1S/C12H11N6O2.HI/c1-16-4-2-9(3-5-16)6-10-11(18(19)20)7-13-12-14-8-15-17(10)12;/h2-5,7-8H,6H2,1H3;1H/q+1;/p-1. The van der Waals surface area contributed by atoms with Gasteiger partial charge in [0.15, 0.2) is 12.4 Å². The molecule has 8 nitrogen and oxygen atoms in total. The van der Waals surface area contributed by atoms with Crippen molar-refractivity contribution in [2.45, 2.75) is 6.42 Å². The van der Waals surface area contributed by atoms with Crippen LogP contribution >= 0.6 is 0 Å². The first-order chi connectivity index (χ1) is 9.65. The Morgan fingerprint density at radius 2 is 2.05 bits per heavy atom. The molecule has 0 unspecified atom stereocenters. The number of nitro groups is 1. The van der Waals surface area contributed by atoms with Gasteiger partial charge in [-0.15, -0.1) is 0 Å². The van der Waals surface area contributed by atoms with Gasteiger partial charge in [-0.05, 0) is 5.56 Å². The summed E-state index contributed by atoms with van der Waals surface area (Å²) < 4.78 is 3.31. The molecule has 0 radical (unpaired) electrons. The summed E-state index contributed by atoms with van der Waals surface area (Å²) in [7, 11) is 1.91. The minimum absolute atomic E-state index is 0. The molecule has 0 atom stereocenters. The summed E-state index contributed by atoms with van der Waals surface area (Å²) >= 11 is 0. The van der Waals surface area contributed by atoms with E-state index in [9.17, 15) is 10.1 Å². The molecule has 3 aromatic rings. The first kappa shape index (κ1) is 15.2. The lowest BCUT2D eigenvalue weighted by molar-refractivity contribution is -0.671. The Kier molecular flexibility index (Phi) is 4.40. The number of rotatable bonds is 3. The molecular weight excluding hydrogens is 387 g/mol. The Bertz CT molecular complexity index is 786. The average Bonchev–Trinajstić information content (AvgIpc) is 2.90. The largest absolute Gasteiger partial charge is 1.00 e. The van der Waals surface area contributed by atoms with Crippen LogP contribution < -0.4 is 28.5 Å². The van der Waals surface area contributed by atoms with Crippen molar-refractivity contribution in [3.05, 3.63) is 58.4 Å². The highest BCUT2D eigenvalue weighted by molar-refractivity contribution is 5.42. The molecule has 3 aromatic heterocycles. The first-order valence-corrected chi connectivity index (χ1v) is 5.91. The summed E-state index contributed by atoms with van der Waals surface area (Å²) in [5, 5.41) is 15.1. The van der Waals surface area contributed by atoms with E-state index < -0.39 is 4.92 Å². The molecule has 0 amide bonds. The minimum atomic E-state index is -0.452. The second-order valence-corrected chi connectivity index (χ2v) is 4.37. The third-order valence-electron chi connectivity index (χ3n) is 3.00. The number of pyridine rings is 1. The smallest absolute Gasteiger partial charge is 0.309 e. The maximum absolute atomic E-state index is 11.1. The summed E-state index contributed by atoms with van der Waals surface area (Å²) in [6.07, 6.45) is 6.73. The summed E-state index contributed by atoms with van der Waals surface area (Å²) in [5.74, 6) is 0.354. The van der Waals surface area contributed by atoms with Crippen LogP contribution in [0.5, 0.6) is 0 Å². The fourth-order valence-electron chi connectivity index (χ4n) is 1.98. The number of hydrogen-bond acceptors (Lipinski definition) is 5. The van der Waals surface area contributed by atoms with Crippen molar-refractivity contribution < 1.29 is 33.5 Å². The number of aryl methyl sites for hydroxylation is 1. The Balaban J connectivity index is 0.00000161. The molecule has 0 spiro atoms. The highest BCUT2D eigenvalue weighted by Crippen LogP contribution is 2.20. The Morgan fingerprint density at radius 3 is 2.71 bits per heavy atom. The van der Waals surface area contributed by atoms with Crippen LogP contribution in [0.2, 0.25) is 0 Å². The minimum Gasteiger partial charge on any atom is -1.00 e. The Hall–Kier alpha value is -2.17. The molecule has 0 bridgehead atoms. The quantitative estimate of drug-likeness (QED) is 0.210. The van der Waals surface area contributed by atoms with Crippen LogP contribution in [0.4, 0.5) is 5.69 Å². The molecule has 0 N–H and O–H groups in total. The van der Waals surface area contributed by atoms with Gasteiger partial charge in [0, 0.05) is 18.6 Å². The van der Waals surface area contributed by atoms with Crippen molar-refractivity contribution >= 4 is 11.5 Å². The monoisotopic (exact) mass is 398 g/mol. The number of fused-ring (bicyclic) bond motifs is 1. The molecule has 0 aromatic carbocycles. The number of hydrogen-bond donors (Lipinski definition) is 0. The van der Waals surface area contributed by atoms with Gasteiger partial charge in [-0.2, -0.15) is 14.6 Å². The zero-order valence-corrected chi connectivity index (χ0v) is 13.2. The zero-order valence-electron chi connectivity index (χ0n) is 11.0. The first-order valence-electron chi connectivity index (χ1n) is 5.91. The molecule has 0 aliphatic carbocycles. The Labute approximate surface area is 136 Å². The highest BCUT2D eigenvalue weighted by Gasteiger charge is 2.20. The lowest BCUT2D eigenvalue weighted by Crippen LogP contribution is -3.00. The number of aromatic nitrogens is 5. The van der Waals surface area contributed by atoms with E-state index in [1.807, 2.05) is 36.1 Å². The predicted octanol–water partition coefficient (Wildman–Crippen LogP) is -2.55. The van der Waals surface area contributed by atoms with Gasteiger partial charge in [0.25, 0.3) is 5.78 Å². The van der Waals surface area contributed by atoms with Crippen LogP contribution in [0.1, 0.15) is 11.3 Å². The molecule has 0 aliphatic rings. The molecule has 0 saturated carbocycles. The summed E-state index contributed by atoms with van der Waals surface area (Å²) in [4.78, 5) is 18.6. The fourth-order valence-corrected chi connectivity index (χ4v) is 1.98. The fraction of sp³-hybridized carbons (Fsp3) is 0.167. The van der Waals surface area contributed by atoms with Gasteiger partial charge in [0.05, 0.1) is 4.92 Å². The topological polar surface area (TPSA) is 90.1 Å². The van der Waals surface area contributed by atoms with Crippen LogP contribution in [-0.4, -0.2) is 24.5 Å². The molecule has 3 rings (SSSR count). The van der Waals surface area contributed by atoms with E-state index in [1.54, 1.807) is 0 Å². The summed E-state index contributed by atoms with van der Waals surface area (Å²) in [5.41, 5.74) is 1.36. The van der Waals surface area contributed by atoms with Crippen LogP contribution in [0.15, 0.2) is 37.1 Å². The van der Waals surface area contributed by atoms with Gasteiger partial charge in [-0.25, -0.2) is 9.55 Å². The van der Waals surface area contributed by atoms with Crippen LogP contribution in [-0.2, 0) is 13.5 Å². The molecule has 3 heterocycles. The molecule has 108 valence electrons. The third kappa shape index (κ3) is 2.96. The van der Waals surface area contributed by atoms with Crippen molar-refractivity contribution in [2.24, 2.45) is 7.05 Å². The predicted molar refractivity (Wildman–Crippen MR) is 67.9 cm³/mol. The zero-order chi connectivity index (χ0) is 14.1. The maximum Gasteiger partial charge on any atom is 0.309 e. The van der Waals surface area contributed by atoms with Crippen LogP contribution in [0, 0.1) is 10.1 Å². The van der Waals surface area contributed by atoms with E-state index in [0.29, 0.717) is 17.9 Å². The summed E-state index contributed by atoms with van der Waals surface area (Å²) in [6.45, 7) is 0. The normalized spacial score (nSPS) is 10.3. The van der Waals surface area contributed by atoms with Gasteiger partial charge in [-0.3, -0.25) is 10.1 Å². The van der Waals surface area contributed by atoms with E-state index >= 15 is 0 Å². The SMILES string of the molecule is C[n+]1ccc(Cc2c([N+](=O)[O-])cnc3ncnn23)cc1.[I-].